The van der Waals surface area contributed by atoms with Crippen LogP contribution in [0.3, 0.4) is 0 Å². The van der Waals surface area contributed by atoms with Crippen LogP contribution in [-0.2, 0) is 9.53 Å². The maximum Gasteiger partial charge on any atom is 0.338 e. The highest BCUT2D eigenvalue weighted by molar-refractivity contribution is 6.48. The summed E-state index contributed by atoms with van der Waals surface area (Å²) in [5, 5.41) is 3.57. The zero-order chi connectivity index (χ0) is 40.6. The first-order valence-corrected chi connectivity index (χ1v) is 21.7. The number of hydrogen-bond acceptors (Lipinski definition) is 7. The van der Waals surface area contributed by atoms with Crippen LogP contribution < -0.4 is 15.8 Å². The minimum Gasteiger partial charge on any atom is -0.462 e. The van der Waals surface area contributed by atoms with E-state index in [0.717, 1.165) is 74.7 Å². The van der Waals surface area contributed by atoms with Gasteiger partial charge in [0.1, 0.15) is 0 Å². The summed E-state index contributed by atoms with van der Waals surface area (Å²) >= 11 is 0. The molecule has 1 fully saturated rings. The van der Waals surface area contributed by atoms with Gasteiger partial charge in [-0.15, -0.1) is 0 Å². The second kappa shape index (κ2) is 22.2. The third-order valence-corrected chi connectivity index (χ3v) is 11.5. The number of rotatable bonds is 21. The predicted octanol–water partition coefficient (Wildman–Crippen LogP) is 11.6. The molecule has 4 aromatic rings. The Kier molecular flexibility index (Phi) is 16.9. The fourth-order valence-corrected chi connectivity index (χ4v) is 7.76. The van der Waals surface area contributed by atoms with E-state index >= 15 is 0 Å². The number of aryl methyl sites for hydroxylation is 2. The van der Waals surface area contributed by atoms with E-state index in [9.17, 15) is 14.4 Å². The highest BCUT2D eigenvalue weighted by atomic mass is 16.5. The average Bonchev–Trinajstić information content (AvgIpc) is 3.22. The molecular weight excluding hydrogens is 711 g/mol. The van der Waals surface area contributed by atoms with Crippen molar-refractivity contribution < 1.29 is 14.3 Å². The molecule has 1 aliphatic rings. The van der Waals surface area contributed by atoms with Crippen molar-refractivity contribution in [2.75, 3.05) is 30.4 Å². The van der Waals surface area contributed by atoms with E-state index < -0.39 is 11.9 Å². The van der Waals surface area contributed by atoms with E-state index in [4.69, 9.17) is 14.7 Å². The molecular formula is C48H65N5O4. The molecule has 3 aromatic carbocycles. The Hall–Kier alpha value is -4.79. The van der Waals surface area contributed by atoms with Crippen LogP contribution >= 0.6 is 0 Å². The Morgan fingerprint density at radius 1 is 0.825 bits per heavy atom. The van der Waals surface area contributed by atoms with Crippen molar-refractivity contribution in [3.8, 4) is 0 Å². The molecule has 0 aliphatic heterocycles. The second-order valence-corrected chi connectivity index (χ2v) is 15.9. The number of aromatic nitrogens is 2. The summed E-state index contributed by atoms with van der Waals surface area (Å²) in [7, 11) is 2.03. The van der Waals surface area contributed by atoms with Crippen molar-refractivity contribution in [3.63, 3.8) is 0 Å². The fourth-order valence-electron chi connectivity index (χ4n) is 7.76. The number of fused-ring (bicyclic) bond motifs is 1. The van der Waals surface area contributed by atoms with Gasteiger partial charge in [-0.3, -0.25) is 14.2 Å². The first-order chi connectivity index (χ1) is 27.7. The second-order valence-electron chi connectivity index (χ2n) is 15.9. The van der Waals surface area contributed by atoms with Gasteiger partial charge in [-0.1, -0.05) is 115 Å². The van der Waals surface area contributed by atoms with Gasteiger partial charge in [-0.2, -0.15) is 0 Å². The van der Waals surface area contributed by atoms with Crippen molar-refractivity contribution in [1.29, 1.82) is 0 Å². The molecule has 1 aliphatic carbocycles. The van der Waals surface area contributed by atoms with Crippen LogP contribution in [-0.4, -0.2) is 47.3 Å². The van der Waals surface area contributed by atoms with Crippen LogP contribution in [0.5, 0.6) is 0 Å². The van der Waals surface area contributed by atoms with E-state index in [1.165, 1.54) is 57.8 Å². The number of aliphatic imine (C=N–C) groups is 1. The van der Waals surface area contributed by atoms with Crippen LogP contribution in [0.25, 0.3) is 10.9 Å². The third-order valence-electron chi connectivity index (χ3n) is 11.5. The van der Waals surface area contributed by atoms with Crippen LogP contribution in [0.4, 0.5) is 17.1 Å². The zero-order valence-corrected chi connectivity index (χ0v) is 35.2. The molecule has 9 nitrogen and oxygen atoms in total. The Bertz CT molecular complexity index is 2030. The molecule has 0 spiro atoms. The first-order valence-electron chi connectivity index (χ1n) is 21.7. The van der Waals surface area contributed by atoms with Crippen LogP contribution in [0.1, 0.15) is 156 Å². The number of ether oxygens (including phenoxy) is 1. The summed E-state index contributed by atoms with van der Waals surface area (Å²) in [6.07, 6.45) is 19.6. The molecule has 306 valence electrons. The number of hydrogen-bond donors (Lipinski definition) is 1. The highest BCUT2D eigenvalue weighted by Crippen LogP contribution is 2.31. The van der Waals surface area contributed by atoms with Gasteiger partial charge in [-0.05, 0) is 93.6 Å². The number of para-hydroxylation sites is 1. The molecule has 0 radical (unpaired) electrons. The van der Waals surface area contributed by atoms with Crippen LogP contribution in [0.2, 0.25) is 0 Å². The molecule has 0 saturated heterocycles. The number of nitrogens with zero attached hydrogens (tertiary/aromatic N) is 4. The normalized spacial score (nSPS) is 13.5. The quantitative estimate of drug-likeness (QED) is 0.0513. The lowest BCUT2D eigenvalue weighted by Crippen LogP contribution is -2.36. The standard InChI is InChI=1S/C48H65N5O4/c1-6-8-9-10-11-12-13-14-15-16-17-23-32-57-48(56)37-29-28-35(3)43(34-37)51-46(54)44(49-41-31-30-39(33-36(41)4)52(5)7-2)45-50-42-27-22-21-26-40(42)47(55)53(45)38-24-19-18-20-25-38/h21-22,26-31,33-34,38H,6-20,23-25,32H2,1-5H3,(H,51,54). The molecule has 5 rings (SSSR count). The fraction of sp³-hybridized carbons (Fsp3) is 0.521. The molecule has 0 unspecified atom stereocenters. The monoisotopic (exact) mass is 776 g/mol. The molecule has 0 atom stereocenters. The number of unbranched alkanes of at least 4 members (excludes halogenated alkanes) is 11. The van der Waals surface area contributed by atoms with Crippen molar-refractivity contribution >= 4 is 45.6 Å². The van der Waals surface area contributed by atoms with Gasteiger partial charge in [0.05, 0.1) is 28.8 Å². The van der Waals surface area contributed by atoms with E-state index in [1.54, 1.807) is 28.8 Å². The van der Waals surface area contributed by atoms with Crippen molar-refractivity contribution in [3.05, 3.63) is 93.5 Å². The summed E-state index contributed by atoms with van der Waals surface area (Å²) in [5.41, 5.74) is 4.53. The number of esters is 1. The SMILES string of the molecule is CCCCCCCCCCCCCCOC(=O)c1ccc(C)c(NC(=O)C(=Nc2ccc(N(C)CC)cc2C)c2nc3ccccc3c(=O)n2C2CCCCC2)c1. The van der Waals surface area contributed by atoms with Crippen LogP contribution in [0, 0.1) is 13.8 Å². The summed E-state index contributed by atoms with van der Waals surface area (Å²) < 4.78 is 7.39. The number of anilines is 2. The van der Waals surface area contributed by atoms with Gasteiger partial charge >= 0.3 is 5.97 Å². The number of carbonyl (C=O) groups excluding carboxylic acids is 2. The number of amides is 1. The summed E-state index contributed by atoms with van der Waals surface area (Å²) in [5.74, 6) is -0.688. The summed E-state index contributed by atoms with van der Waals surface area (Å²) in [6, 6.07) is 18.3. The molecule has 57 heavy (non-hydrogen) atoms. The van der Waals surface area contributed by atoms with E-state index in [2.05, 4.69) is 30.1 Å². The van der Waals surface area contributed by atoms with Gasteiger partial charge < -0.3 is 15.0 Å². The largest absolute Gasteiger partial charge is 0.462 e. The summed E-state index contributed by atoms with van der Waals surface area (Å²) in [6.45, 7) is 9.41. The van der Waals surface area contributed by atoms with Gasteiger partial charge in [0.2, 0.25) is 0 Å². The van der Waals surface area contributed by atoms with Crippen LogP contribution in [0.15, 0.2) is 70.5 Å². The molecule has 1 heterocycles. The molecule has 1 amide bonds. The lowest BCUT2D eigenvalue weighted by atomic mass is 9.94. The van der Waals surface area contributed by atoms with E-state index in [1.807, 2.05) is 51.2 Å². The Morgan fingerprint density at radius 3 is 2.16 bits per heavy atom. The smallest absolute Gasteiger partial charge is 0.338 e. The summed E-state index contributed by atoms with van der Waals surface area (Å²) in [4.78, 5) is 54.3. The minimum atomic E-state index is -0.513. The Morgan fingerprint density at radius 2 is 1.49 bits per heavy atom. The van der Waals surface area contributed by atoms with Crippen molar-refractivity contribution in [1.82, 2.24) is 9.55 Å². The highest BCUT2D eigenvalue weighted by Gasteiger charge is 2.28. The number of benzene rings is 3. The molecule has 9 heteroatoms. The van der Waals surface area contributed by atoms with Gasteiger partial charge in [0.25, 0.3) is 11.5 Å². The van der Waals surface area contributed by atoms with Crippen molar-refractivity contribution in [2.24, 2.45) is 4.99 Å². The number of nitrogens with one attached hydrogen (secondary N) is 1. The predicted molar refractivity (Wildman–Crippen MR) is 236 cm³/mol. The maximum absolute atomic E-state index is 14.7. The molecule has 1 N–H and O–H groups in total. The van der Waals surface area contributed by atoms with Gasteiger partial charge in [0, 0.05) is 31.0 Å². The lowest BCUT2D eigenvalue weighted by Gasteiger charge is -2.27. The molecule has 1 aromatic heterocycles. The van der Waals surface area contributed by atoms with Crippen molar-refractivity contribution in [2.45, 2.75) is 143 Å². The minimum absolute atomic E-state index is 0.0440. The lowest BCUT2D eigenvalue weighted by molar-refractivity contribution is -0.110. The molecule has 1 saturated carbocycles. The number of carbonyl (C=O) groups is 2. The average molecular weight is 776 g/mol. The zero-order valence-electron chi connectivity index (χ0n) is 35.2. The Labute approximate surface area is 340 Å². The third kappa shape index (κ3) is 12.1. The molecule has 0 bridgehead atoms. The first kappa shape index (κ1) is 43.3. The van der Waals surface area contributed by atoms with E-state index in [-0.39, 0.29) is 23.1 Å². The Balaban J connectivity index is 1.35. The maximum atomic E-state index is 14.7. The van der Waals surface area contributed by atoms with E-state index in [0.29, 0.717) is 34.4 Å². The van der Waals surface area contributed by atoms with Gasteiger partial charge in [0.15, 0.2) is 11.5 Å². The van der Waals surface area contributed by atoms with Gasteiger partial charge in [-0.25, -0.2) is 14.8 Å². The topological polar surface area (TPSA) is 106 Å².